The molecule has 0 bridgehead atoms. The molecule has 136 valence electrons. The average Bonchev–Trinajstić information content (AvgIpc) is 2.62. The first-order valence-electron chi connectivity index (χ1n) is 8.65. The third-order valence-electron chi connectivity index (χ3n) is 4.31. The van der Waals surface area contributed by atoms with Gasteiger partial charge in [0, 0.05) is 18.3 Å². The topological polar surface area (TPSA) is 88.9 Å². The van der Waals surface area contributed by atoms with Crippen LogP contribution in [-0.2, 0) is 14.3 Å². The second-order valence-electron chi connectivity index (χ2n) is 6.18. The lowest BCUT2D eigenvalue weighted by molar-refractivity contribution is -0.899. The van der Waals surface area contributed by atoms with Crippen molar-refractivity contribution in [2.24, 2.45) is 5.92 Å². The van der Waals surface area contributed by atoms with Crippen LogP contribution in [0.3, 0.4) is 0 Å². The number of anilines is 1. The van der Waals surface area contributed by atoms with Crippen LogP contribution in [-0.4, -0.2) is 51.1 Å². The van der Waals surface area contributed by atoms with Crippen molar-refractivity contribution in [1.29, 1.82) is 0 Å². The molecule has 7 nitrogen and oxygen atoms in total. The van der Waals surface area contributed by atoms with E-state index in [-0.39, 0.29) is 23.7 Å². The fourth-order valence-corrected chi connectivity index (χ4v) is 3.05. The molecule has 0 radical (unpaired) electrons. The highest BCUT2D eigenvalue weighted by Crippen LogP contribution is 2.10. The monoisotopic (exact) mass is 348 g/mol. The number of hydrogen-bond donors (Lipinski definition) is 3. The number of quaternary nitrogens is 1. The van der Waals surface area contributed by atoms with Crippen LogP contribution in [0.15, 0.2) is 24.3 Å². The maximum absolute atomic E-state index is 12.2. The minimum absolute atomic E-state index is 0.104. The van der Waals surface area contributed by atoms with Gasteiger partial charge in [-0.15, -0.1) is 0 Å². The molecule has 0 aromatic heterocycles. The van der Waals surface area contributed by atoms with Crippen LogP contribution in [0.4, 0.5) is 5.69 Å². The van der Waals surface area contributed by atoms with Crippen LogP contribution in [0.25, 0.3) is 0 Å². The van der Waals surface area contributed by atoms with Gasteiger partial charge in [-0.25, -0.2) is 0 Å². The van der Waals surface area contributed by atoms with E-state index in [1.807, 2.05) is 0 Å². The lowest BCUT2D eigenvalue weighted by Crippen LogP contribution is -3.14. The van der Waals surface area contributed by atoms with E-state index in [1.165, 1.54) is 0 Å². The molecule has 2 rings (SSSR count). The zero-order chi connectivity index (χ0) is 18.2. The van der Waals surface area contributed by atoms with Crippen molar-refractivity contribution >= 4 is 23.5 Å². The summed E-state index contributed by atoms with van der Waals surface area (Å²) in [6, 6.07) is 6.74. The zero-order valence-corrected chi connectivity index (χ0v) is 14.8. The van der Waals surface area contributed by atoms with Crippen molar-refractivity contribution in [2.45, 2.75) is 19.8 Å². The standard InChI is InChI=1S/C18H25N3O4/c1-3-25-18(24)14-5-4-10-21(11-14)12-16(22)20-15-8-6-13(7-9-15)17(23)19-2/h6-9,14H,3-5,10-12H2,1-2H3,(H,19,23)(H,20,22)/p+1/t14-/m1/s1. The number of amides is 2. The third kappa shape index (κ3) is 5.56. The number of carbonyl (C=O) groups excluding carboxylic acids is 3. The molecule has 25 heavy (non-hydrogen) atoms. The molecule has 0 spiro atoms. The number of benzene rings is 1. The third-order valence-corrected chi connectivity index (χ3v) is 4.31. The Morgan fingerprint density at radius 3 is 2.60 bits per heavy atom. The van der Waals surface area contributed by atoms with Gasteiger partial charge in [-0.3, -0.25) is 14.4 Å². The summed E-state index contributed by atoms with van der Waals surface area (Å²) in [6.45, 7) is 4.00. The van der Waals surface area contributed by atoms with Gasteiger partial charge in [0.2, 0.25) is 0 Å². The zero-order valence-electron chi connectivity index (χ0n) is 14.8. The molecule has 1 fully saturated rings. The Kier molecular flexibility index (Phi) is 6.94. The Balaban J connectivity index is 1.85. The van der Waals surface area contributed by atoms with Crippen molar-refractivity contribution < 1.29 is 24.0 Å². The first-order valence-corrected chi connectivity index (χ1v) is 8.65. The van der Waals surface area contributed by atoms with Gasteiger partial charge in [0.15, 0.2) is 6.54 Å². The number of piperidine rings is 1. The van der Waals surface area contributed by atoms with Gasteiger partial charge in [0.05, 0.1) is 19.7 Å². The summed E-state index contributed by atoms with van der Waals surface area (Å²) in [6.07, 6.45) is 1.73. The lowest BCUT2D eigenvalue weighted by atomic mass is 9.98. The number of likely N-dealkylation sites (tertiary alicyclic amines) is 1. The van der Waals surface area contributed by atoms with Crippen LogP contribution in [0.5, 0.6) is 0 Å². The number of carbonyl (C=O) groups is 3. The Morgan fingerprint density at radius 1 is 1.24 bits per heavy atom. The van der Waals surface area contributed by atoms with E-state index in [9.17, 15) is 14.4 Å². The Morgan fingerprint density at radius 2 is 1.96 bits per heavy atom. The highest BCUT2D eigenvalue weighted by molar-refractivity contribution is 5.95. The van der Waals surface area contributed by atoms with Gasteiger partial charge in [-0.05, 0) is 44.0 Å². The summed E-state index contributed by atoms with van der Waals surface area (Å²) in [5.74, 6) is -0.555. The van der Waals surface area contributed by atoms with E-state index in [2.05, 4.69) is 10.6 Å². The second-order valence-corrected chi connectivity index (χ2v) is 6.18. The van der Waals surface area contributed by atoms with Crippen LogP contribution in [0, 0.1) is 5.92 Å². The van der Waals surface area contributed by atoms with Gasteiger partial charge < -0.3 is 20.3 Å². The summed E-state index contributed by atoms with van der Waals surface area (Å²) >= 11 is 0. The molecule has 2 amide bonds. The number of rotatable bonds is 6. The first-order chi connectivity index (χ1) is 12.0. The predicted molar refractivity (Wildman–Crippen MR) is 93.4 cm³/mol. The summed E-state index contributed by atoms with van der Waals surface area (Å²) < 4.78 is 5.08. The number of hydrogen-bond acceptors (Lipinski definition) is 4. The van der Waals surface area contributed by atoms with Crippen molar-refractivity contribution in [3.8, 4) is 0 Å². The van der Waals surface area contributed by atoms with Gasteiger partial charge in [-0.2, -0.15) is 0 Å². The molecule has 1 aliphatic rings. The summed E-state index contributed by atoms with van der Waals surface area (Å²) in [4.78, 5) is 36.7. The van der Waals surface area contributed by atoms with Crippen molar-refractivity contribution in [3.05, 3.63) is 29.8 Å². The molecule has 1 aliphatic heterocycles. The van der Waals surface area contributed by atoms with Gasteiger partial charge >= 0.3 is 5.97 Å². The molecule has 1 heterocycles. The van der Waals surface area contributed by atoms with Crippen molar-refractivity contribution in [2.75, 3.05) is 38.6 Å². The van der Waals surface area contributed by atoms with E-state index in [1.54, 1.807) is 38.2 Å². The van der Waals surface area contributed by atoms with E-state index < -0.39 is 0 Å². The molecular weight excluding hydrogens is 322 g/mol. The van der Waals surface area contributed by atoms with Gasteiger partial charge in [-0.1, -0.05) is 0 Å². The van der Waals surface area contributed by atoms with Gasteiger partial charge in [0.25, 0.3) is 11.8 Å². The molecule has 2 atom stereocenters. The van der Waals surface area contributed by atoms with Crippen LogP contribution in [0.2, 0.25) is 0 Å². The molecule has 1 aromatic rings. The number of esters is 1. The van der Waals surface area contributed by atoms with E-state index in [0.717, 1.165) is 24.3 Å². The highest BCUT2D eigenvalue weighted by Gasteiger charge is 2.30. The minimum atomic E-state index is -0.166. The fraction of sp³-hybridized carbons (Fsp3) is 0.500. The van der Waals surface area contributed by atoms with E-state index >= 15 is 0 Å². The molecular formula is C18H26N3O4+. The maximum atomic E-state index is 12.2. The molecule has 7 heteroatoms. The highest BCUT2D eigenvalue weighted by atomic mass is 16.5. The van der Waals surface area contributed by atoms with Crippen LogP contribution in [0.1, 0.15) is 30.1 Å². The molecule has 1 saturated heterocycles. The minimum Gasteiger partial charge on any atom is -0.466 e. The summed E-state index contributed by atoms with van der Waals surface area (Å²) in [5.41, 5.74) is 1.19. The molecule has 0 aliphatic carbocycles. The normalized spacial score (nSPS) is 19.8. The smallest absolute Gasteiger partial charge is 0.314 e. The molecule has 0 saturated carbocycles. The Bertz CT molecular complexity index is 615. The summed E-state index contributed by atoms with van der Waals surface area (Å²) in [7, 11) is 1.57. The first kappa shape index (κ1) is 18.9. The number of nitrogens with one attached hydrogen (secondary N) is 3. The second kappa shape index (κ2) is 9.17. The molecule has 3 N–H and O–H groups in total. The largest absolute Gasteiger partial charge is 0.466 e. The Hall–Kier alpha value is -2.41. The SMILES string of the molecule is CCOC(=O)[C@@H]1CCC[NH+](CC(=O)Nc2ccc(C(=O)NC)cc2)C1. The average molecular weight is 348 g/mol. The predicted octanol–water partition coefficient (Wildman–Crippen LogP) is -0.157. The Labute approximate surface area is 147 Å². The van der Waals surface area contributed by atoms with Crippen LogP contribution < -0.4 is 15.5 Å². The molecule has 1 aromatic carbocycles. The maximum Gasteiger partial charge on any atom is 0.314 e. The molecule has 1 unspecified atom stereocenters. The fourth-order valence-electron chi connectivity index (χ4n) is 3.05. The van der Waals surface area contributed by atoms with E-state index in [0.29, 0.717) is 30.9 Å². The lowest BCUT2D eigenvalue weighted by Gasteiger charge is -2.28. The van der Waals surface area contributed by atoms with Crippen molar-refractivity contribution in [1.82, 2.24) is 5.32 Å². The quantitative estimate of drug-likeness (QED) is 0.624. The van der Waals surface area contributed by atoms with Crippen molar-refractivity contribution in [3.63, 3.8) is 0 Å². The van der Waals surface area contributed by atoms with Gasteiger partial charge in [0.1, 0.15) is 5.92 Å². The number of ether oxygens (including phenoxy) is 1. The van der Waals surface area contributed by atoms with E-state index in [4.69, 9.17) is 4.74 Å². The van der Waals surface area contributed by atoms with Crippen LogP contribution >= 0.6 is 0 Å². The summed E-state index contributed by atoms with van der Waals surface area (Å²) in [5, 5.41) is 5.39.